The van der Waals surface area contributed by atoms with Gasteiger partial charge in [-0.25, -0.2) is 9.97 Å². The predicted octanol–water partition coefficient (Wildman–Crippen LogP) is 5.17. The van der Waals surface area contributed by atoms with Crippen LogP contribution in [-0.2, 0) is 0 Å². The molecule has 2 aromatic carbocycles. The van der Waals surface area contributed by atoms with E-state index in [0.29, 0.717) is 21.7 Å². The summed E-state index contributed by atoms with van der Waals surface area (Å²) in [5.41, 5.74) is 9.77. The summed E-state index contributed by atoms with van der Waals surface area (Å²) < 4.78 is 5.24. The minimum atomic E-state index is 0.462. The van der Waals surface area contributed by atoms with Gasteiger partial charge in [-0.05, 0) is 29.0 Å². The molecule has 25 heavy (non-hydrogen) atoms. The molecule has 0 aliphatic carbocycles. The van der Waals surface area contributed by atoms with Crippen LogP contribution in [0.2, 0.25) is 5.02 Å². The Hall–Kier alpha value is -2.24. The average Bonchev–Trinajstić information content (AvgIpc) is 2.61. The summed E-state index contributed by atoms with van der Waals surface area (Å²) in [6.07, 6.45) is 0. The molecule has 6 heteroatoms. The molecule has 0 radical (unpaired) electrons. The van der Waals surface area contributed by atoms with E-state index in [1.165, 1.54) is 0 Å². The summed E-state index contributed by atoms with van der Waals surface area (Å²) in [7, 11) is 1.60. The predicted molar refractivity (Wildman–Crippen MR) is 105 cm³/mol. The number of rotatable bonds is 5. The van der Waals surface area contributed by atoms with Gasteiger partial charge in [0.25, 0.3) is 0 Å². The van der Waals surface area contributed by atoms with E-state index in [2.05, 4.69) is 16.9 Å². The number of aromatic nitrogens is 2. The Morgan fingerprint density at radius 2 is 1.84 bits per heavy atom. The molecule has 3 aromatic rings. The van der Waals surface area contributed by atoms with E-state index in [0.717, 1.165) is 28.1 Å². The van der Waals surface area contributed by atoms with Crippen molar-refractivity contribution < 1.29 is 4.74 Å². The van der Waals surface area contributed by atoms with Crippen molar-refractivity contribution in [3.63, 3.8) is 0 Å². The van der Waals surface area contributed by atoms with Gasteiger partial charge >= 0.3 is 0 Å². The highest BCUT2D eigenvalue weighted by Crippen LogP contribution is 2.36. The van der Waals surface area contributed by atoms with E-state index >= 15 is 0 Å². The third-order valence-corrected chi connectivity index (χ3v) is 4.69. The molecule has 0 aliphatic heterocycles. The van der Waals surface area contributed by atoms with Crippen molar-refractivity contribution in [1.29, 1.82) is 0 Å². The van der Waals surface area contributed by atoms with Gasteiger partial charge < -0.3 is 10.5 Å². The first kappa shape index (κ1) is 17.6. The largest absolute Gasteiger partial charge is 0.495 e. The molecule has 4 nitrogen and oxygen atoms in total. The van der Waals surface area contributed by atoms with Gasteiger partial charge in [0.2, 0.25) is 0 Å². The summed E-state index contributed by atoms with van der Waals surface area (Å²) in [6.45, 7) is 2.06. The molecule has 0 fully saturated rings. The first-order chi connectivity index (χ1) is 12.1. The average molecular weight is 372 g/mol. The second-order valence-corrected chi connectivity index (χ2v) is 6.93. The fraction of sp³-hybridized carbons (Fsp3) is 0.158. The Balaban J connectivity index is 2.12. The van der Waals surface area contributed by atoms with Gasteiger partial charge in [-0.1, -0.05) is 60.6 Å². The van der Waals surface area contributed by atoms with E-state index in [4.69, 9.17) is 22.1 Å². The highest BCUT2D eigenvalue weighted by atomic mass is 35.5. The lowest BCUT2D eigenvalue weighted by Crippen LogP contribution is -1.98. The molecule has 1 aromatic heterocycles. The number of nitrogen functional groups attached to an aromatic ring is 1. The molecule has 0 aliphatic rings. The van der Waals surface area contributed by atoms with Crippen molar-refractivity contribution in [2.24, 2.45) is 0 Å². The van der Waals surface area contributed by atoms with E-state index < -0.39 is 0 Å². The molecule has 0 unspecified atom stereocenters. The molecule has 128 valence electrons. The first-order valence-electron chi connectivity index (χ1n) is 7.83. The Morgan fingerprint density at radius 3 is 2.52 bits per heavy atom. The van der Waals surface area contributed by atoms with Crippen LogP contribution < -0.4 is 10.5 Å². The molecule has 0 saturated carbocycles. The Bertz CT molecular complexity index is 902. The fourth-order valence-electron chi connectivity index (χ4n) is 2.57. The SMILES string of the molecule is CCSc1nc(N)cc(-c2ccccc2-c2ccc(OC)c(Cl)c2)n1. The summed E-state index contributed by atoms with van der Waals surface area (Å²) in [6, 6.07) is 15.6. The number of halogens is 1. The summed E-state index contributed by atoms with van der Waals surface area (Å²) >= 11 is 7.86. The molecule has 0 saturated heterocycles. The van der Waals surface area contributed by atoms with Crippen LogP contribution >= 0.6 is 23.4 Å². The number of nitrogens with zero attached hydrogens (tertiary/aromatic N) is 2. The maximum absolute atomic E-state index is 6.30. The zero-order valence-electron chi connectivity index (χ0n) is 14.0. The van der Waals surface area contributed by atoms with Crippen molar-refractivity contribution in [3.05, 3.63) is 53.6 Å². The Kier molecular flexibility index (Phi) is 5.46. The zero-order chi connectivity index (χ0) is 17.8. The molecule has 3 rings (SSSR count). The van der Waals surface area contributed by atoms with Crippen LogP contribution in [0.4, 0.5) is 5.82 Å². The lowest BCUT2D eigenvalue weighted by atomic mass is 9.97. The lowest BCUT2D eigenvalue weighted by Gasteiger charge is -2.12. The van der Waals surface area contributed by atoms with Crippen molar-refractivity contribution in [1.82, 2.24) is 9.97 Å². The van der Waals surface area contributed by atoms with Crippen molar-refractivity contribution >= 4 is 29.2 Å². The van der Waals surface area contributed by atoms with Gasteiger partial charge in [-0.3, -0.25) is 0 Å². The van der Waals surface area contributed by atoms with Crippen molar-refractivity contribution in [3.8, 4) is 28.1 Å². The van der Waals surface area contributed by atoms with Crippen LogP contribution in [0.5, 0.6) is 5.75 Å². The molecular weight excluding hydrogens is 354 g/mol. The van der Waals surface area contributed by atoms with Crippen LogP contribution in [0.3, 0.4) is 0 Å². The lowest BCUT2D eigenvalue weighted by molar-refractivity contribution is 0.415. The normalized spacial score (nSPS) is 10.7. The number of hydrogen-bond acceptors (Lipinski definition) is 5. The maximum Gasteiger partial charge on any atom is 0.190 e. The van der Waals surface area contributed by atoms with Crippen LogP contribution in [0.1, 0.15) is 6.92 Å². The van der Waals surface area contributed by atoms with E-state index in [1.807, 2.05) is 42.5 Å². The smallest absolute Gasteiger partial charge is 0.190 e. The maximum atomic E-state index is 6.30. The monoisotopic (exact) mass is 371 g/mol. The number of thioether (sulfide) groups is 1. The van der Waals surface area contributed by atoms with Gasteiger partial charge in [0.1, 0.15) is 11.6 Å². The highest BCUT2D eigenvalue weighted by Gasteiger charge is 2.12. The first-order valence-corrected chi connectivity index (χ1v) is 9.19. The third-order valence-electron chi connectivity index (χ3n) is 3.66. The van der Waals surface area contributed by atoms with Crippen LogP contribution in [0.15, 0.2) is 53.7 Å². The summed E-state index contributed by atoms with van der Waals surface area (Å²) in [5, 5.41) is 1.25. The number of anilines is 1. The molecule has 0 amide bonds. The van der Waals surface area contributed by atoms with Gasteiger partial charge in [0.05, 0.1) is 17.8 Å². The van der Waals surface area contributed by atoms with Gasteiger partial charge in [-0.15, -0.1) is 0 Å². The van der Waals surface area contributed by atoms with Crippen molar-refractivity contribution in [2.75, 3.05) is 18.6 Å². The number of ether oxygens (including phenoxy) is 1. The van der Waals surface area contributed by atoms with Crippen LogP contribution in [-0.4, -0.2) is 22.8 Å². The molecular formula is C19H18ClN3OS. The topological polar surface area (TPSA) is 61.0 Å². The van der Waals surface area contributed by atoms with Gasteiger partial charge in [0, 0.05) is 11.6 Å². The number of hydrogen-bond donors (Lipinski definition) is 1. The number of methoxy groups -OCH3 is 1. The standard InChI is InChI=1S/C19H18ClN3OS/c1-3-25-19-22-16(11-18(21)23-19)14-7-5-4-6-13(14)12-8-9-17(24-2)15(20)10-12/h4-11H,3H2,1-2H3,(H2,21,22,23). The number of nitrogens with two attached hydrogens (primary N) is 1. The van der Waals surface area contributed by atoms with E-state index in [9.17, 15) is 0 Å². The Labute approximate surface area is 156 Å². The van der Waals surface area contributed by atoms with Crippen molar-refractivity contribution in [2.45, 2.75) is 12.1 Å². The summed E-state index contributed by atoms with van der Waals surface area (Å²) in [4.78, 5) is 8.93. The minimum absolute atomic E-state index is 0.462. The fourth-order valence-corrected chi connectivity index (χ4v) is 3.42. The molecule has 2 N–H and O–H groups in total. The molecule has 0 spiro atoms. The van der Waals surface area contributed by atoms with E-state index in [-0.39, 0.29) is 0 Å². The third kappa shape index (κ3) is 3.89. The molecule has 0 bridgehead atoms. The Morgan fingerprint density at radius 1 is 1.08 bits per heavy atom. The quantitative estimate of drug-likeness (QED) is 0.495. The second-order valence-electron chi connectivity index (χ2n) is 5.29. The number of benzene rings is 2. The van der Waals surface area contributed by atoms with Crippen LogP contribution in [0.25, 0.3) is 22.4 Å². The van der Waals surface area contributed by atoms with Crippen LogP contribution in [0, 0.1) is 0 Å². The molecule has 0 atom stereocenters. The second kappa shape index (κ2) is 7.76. The zero-order valence-corrected chi connectivity index (χ0v) is 15.6. The highest BCUT2D eigenvalue weighted by molar-refractivity contribution is 7.99. The van der Waals surface area contributed by atoms with Gasteiger partial charge in [-0.2, -0.15) is 0 Å². The minimum Gasteiger partial charge on any atom is -0.495 e. The van der Waals surface area contributed by atoms with E-state index in [1.54, 1.807) is 24.9 Å². The summed E-state index contributed by atoms with van der Waals surface area (Å²) in [5.74, 6) is 2.00. The van der Waals surface area contributed by atoms with Gasteiger partial charge in [0.15, 0.2) is 5.16 Å². The molecule has 1 heterocycles.